The van der Waals surface area contributed by atoms with Crippen LogP contribution in [0.3, 0.4) is 0 Å². The summed E-state index contributed by atoms with van der Waals surface area (Å²) in [6.45, 7) is 5.70. The van der Waals surface area contributed by atoms with Crippen molar-refractivity contribution < 1.29 is 9.59 Å². The van der Waals surface area contributed by atoms with Gasteiger partial charge in [0.05, 0.1) is 5.75 Å². The maximum Gasteiger partial charge on any atom is 0.234 e. The Morgan fingerprint density at radius 2 is 1.97 bits per heavy atom. The van der Waals surface area contributed by atoms with Crippen molar-refractivity contribution >= 4 is 29.3 Å². The molecule has 1 saturated heterocycles. The molecule has 4 rings (SSSR count). The van der Waals surface area contributed by atoms with Gasteiger partial charge < -0.3 is 10.2 Å². The fraction of sp³-hybridized carbons (Fsp3) is 0.360. The van der Waals surface area contributed by atoms with Crippen LogP contribution in [0, 0.1) is 0 Å². The third-order valence-corrected chi connectivity index (χ3v) is 6.64. The highest BCUT2D eigenvalue weighted by atomic mass is 32.2. The van der Waals surface area contributed by atoms with Crippen LogP contribution in [0.15, 0.2) is 60.0 Å². The molecule has 0 atom stereocenters. The normalized spacial score (nSPS) is 14.0. The number of likely N-dealkylation sites (tertiary alicyclic amines) is 1. The van der Waals surface area contributed by atoms with E-state index in [0.717, 1.165) is 36.3 Å². The third-order valence-electron chi connectivity index (χ3n) is 5.69. The van der Waals surface area contributed by atoms with Crippen LogP contribution in [-0.4, -0.2) is 43.8 Å². The van der Waals surface area contributed by atoms with Gasteiger partial charge in [-0.3, -0.25) is 14.2 Å². The van der Waals surface area contributed by atoms with Gasteiger partial charge in [-0.2, -0.15) is 0 Å². The maximum atomic E-state index is 12.6. The number of hydrogen-bond acceptors (Lipinski definition) is 5. The molecule has 2 amide bonds. The molecule has 0 spiro atoms. The first-order valence-corrected chi connectivity index (χ1v) is 12.3. The first-order chi connectivity index (χ1) is 16.0. The zero-order valence-electron chi connectivity index (χ0n) is 19.0. The van der Waals surface area contributed by atoms with Crippen molar-refractivity contribution in [3.05, 3.63) is 66.0 Å². The zero-order valence-corrected chi connectivity index (χ0v) is 19.8. The predicted molar refractivity (Wildman–Crippen MR) is 131 cm³/mol. The van der Waals surface area contributed by atoms with Gasteiger partial charge >= 0.3 is 0 Å². The molecule has 1 aromatic heterocycles. The number of thioether (sulfide) groups is 1. The Morgan fingerprint density at radius 1 is 1.15 bits per heavy atom. The van der Waals surface area contributed by atoms with Crippen LogP contribution < -0.4 is 5.32 Å². The number of piperidine rings is 1. The molecule has 0 radical (unpaired) electrons. The molecule has 172 valence electrons. The molecule has 1 N–H and O–H groups in total. The lowest BCUT2D eigenvalue weighted by Crippen LogP contribution is -2.34. The topological polar surface area (TPSA) is 80.1 Å². The molecular weight excluding hydrogens is 434 g/mol. The Kier molecular flexibility index (Phi) is 7.44. The summed E-state index contributed by atoms with van der Waals surface area (Å²) in [5.74, 6) is 0.778. The molecule has 0 saturated carbocycles. The van der Waals surface area contributed by atoms with Crippen molar-refractivity contribution in [2.75, 3.05) is 17.6 Å². The van der Waals surface area contributed by atoms with E-state index in [1.54, 1.807) is 6.33 Å². The lowest BCUT2D eigenvalue weighted by Gasteiger charge is -2.26. The van der Waals surface area contributed by atoms with E-state index in [1.165, 1.54) is 17.3 Å². The number of hydrogen-bond donors (Lipinski definition) is 1. The Bertz CT molecular complexity index is 1110. The molecule has 2 heterocycles. The number of benzene rings is 2. The average Bonchev–Trinajstić information content (AvgIpc) is 3.28. The summed E-state index contributed by atoms with van der Waals surface area (Å²) in [6.07, 6.45) is 4.31. The van der Waals surface area contributed by atoms with Crippen molar-refractivity contribution in [3.63, 3.8) is 0 Å². The minimum absolute atomic E-state index is 0.115. The molecule has 1 aliphatic heterocycles. The maximum absolute atomic E-state index is 12.6. The fourth-order valence-electron chi connectivity index (χ4n) is 3.84. The fourth-order valence-corrected chi connectivity index (χ4v) is 4.57. The SMILES string of the molecule is CC(C)c1ccc(-n2cnnc2SCC(=O)Nc2cccc(CN3CCCCC3=O)c2)cc1. The van der Waals surface area contributed by atoms with Gasteiger partial charge in [0.1, 0.15) is 6.33 Å². The molecule has 0 aliphatic carbocycles. The van der Waals surface area contributed by atoms with Crippen molar-refractivity contribution in [3.8, 4) is 5.69 Å². The van der Waals surface area contributed by atoms with Crippen LogP contribution >= 0.6 is 11.8 Å². The predicted octanol–water partition coefficient (Wildman–Crippen LogP) is 4.63. The lowest BCUT2D eigenvalue weighted by molar-refractivity contribution is -0.133. The van der Waals surface area contributed by atoms with E-state index in [9.17, 15) is 9.59 Å². The van der Waals surface area contributed by atoms with E-state index in [4.69, 9.17) is 0 Å². The number of nitrogens with one attached hydrogen (secondary N) is 1. The van der Waals surface area contributed by atoms with E-state index in [-0.39, 0.29) is 17.6 Å². The number of nitrogens with zero attached hydrogens (tertiary/aromatic N) is 4. The molecule has 7 nitrogen and oxygen atoms in total. The highest BCUT2D eigenvalue weighted by molar-refractivity contribution is 7.99. The van der Waals surface area contributed by atoms with Gasteiger partial charge in [0, 0.05) is 30.9 Å². The number of carbonyl (C=O) groups excluding carboxylic acids is 2. The van der Waals surface area contributed by atoms with Gasteiger partial charge in [-0.05, 0) is 54.2 Å². The highest BCUT2D eigenvalue weighted by Crippen LogP contribution is 2.22. The van der Waals surface area contributed by atoms with Crippen LogP contribution in [0.2, 0.25) is 0 Å². The molecule has 3 aromatic rings. The van der Waals surface area contributed by atoms with Gasteiger partial charge in [-0.15, -0.1) is 10.2 Å². The van der Waals surface area contributed by atoms with Crippen LogP contribution in [-0.2, 0) is 16.1 Å². The number of anilines is 1. The second kappa shape index (κ2) is 10.7. The lowest BCUT2D eigenvalue weighted by atomic mass is 10.0. The van der Waals surface area contributed by atoms with E-state index >= 15 is 0 Å². The number of amides is 2. The first-order valence-electron chi connectivity index (χ1n) is 11.3. The van der Waals surface area contributed by atoms with Gasteiger partial charge in [-0.25, -0.2) is 0 Å². The number of carbonyl (C=O) groups is 2. The molecule has 1 fully saturated rings. The van der Waals surface area contributed by atoms with Gasteiger partial charge in [0.2, 0.25) is 11.8 Å². The Hall–Kier alpha value is -3.13. The van der Waals surface area contributed by atoms with Crippen LogP contribution in [0.5, 0.6) is 0 Å². The Morgan fingerprint density at radius 3 is 2.73 bits per heavy atom. The van der Waals surface area contributed by atoms with Gasteiger partial charge in [-0.1, -0.05) is 49.9 Å². The first kappa shape index (κ1) is 23.0. The minimum atomic E-state index is -0.115. The van der Waals surface area contributed by atoms with Crippen LogP contribution in [0.25, 0.3) is 5.69 Å². The Balaban J connectivity index is 1.34. The van der Waals surface area contributed by atoms with Crippen molar-refractivity contribution in [1.82, 2.24) is 19.7 Å². The van der Waals surface area contributed by atoms with Gasteiger partial charge in [0.25, 0.3) is 0 Å². The van der Waals surface area contributed by atoms with Crippen molar-refractivity contribution in [2.45, 2.75) is 50.7 Å². The quantitative estimate of drug-likeness (QED) is 0.493. The Labute approximate surface area is 198 Å². The summed E-state index contributed by atoms with van der Waals surface area (Å²) in [6, 6.07) is 16.0. The zero-order chi connectivity index (χ0) is 23.2. The molecule has 0 unspecified atom stereocenters. The average molecular weight is 464 g/mol. The number of aromatic nitrogens is 3. The van der Waals surface area contributed by atoms with E-state index in [2.05, 4.69) is 41.5 Å². The minimum Gasteiger partial charge on any atom is -0.338 e. The second-order valence-electron chi connectivity index (χ2n) is 8.54. The summed E-state index contributed by atoms with van der Waals surface area (Å²) in [7, 11) is 0. The molecule has 2 aromatic carbocycles. The van der Waals surface area contributed by atoms with Crippen LogP contribution in [0.1, 0.15) is 50.2 Å². The molecule has 1 aliphatic rings. The third kappa shape index (κ3) is 6.01. The monoisotopic (exact) mass is 463 g/mol. The van der Waals surface area contributed by atoms with Crippen molar-refractivity contribution in [2.24, 2.45) is 0 Å². The second-order valence-corrected chi connectivity index (χ2v) is 9.48. The largest absolute Gasteiger partial charge is 0.338 e. The summed E-state index contributed by atoms with van der Waals surface area (Å²) in [5.41, 5.74) is 3.98. The van der Waals surface area contributed by atoms with E-state index in [0.29, 0.717) is 24.0 Å². The summed E-state index contributed by atoms with van der Waals surface area (Å²) in [4.78, 5) is 26.5. The van der Waals surface area contributed by atoms with Crippen LogP contribution in [0.4, 0.5) is 5.69 Å². The summed E-state index contributed by atoms with van der Waals surface area (Å²) in [5, 5.41) is 11.8. The molecule has 8 heteroatoms. The highest BCUT2D eigenvalue weighted by Gasteiger charge is 2.18. The smallest absolute Gasteiger partial charge is 0.234 e. The standard InChI is InChI=1S/C25H29N5O2S/c1-18(2)20-9-11-22(12-10-20)30-17-26-28-25(30)33-16-23(31)27-21-7-5-6-19(14-21)15-29-13-4-3-8-24(29)32/h5-7,9-12,14,17-18H,3-4,8,13,15-16H2,1-2H3,(H,27,31). The van der Waals surface area contributed by atoms with Gasteiger partial charge in [0.15, 0.2) is 5.16 Å². The molecule has 33 heavy (non-hydrogen) atoms. The summed E-state index contributed by atoms with van der Waals surface area (Å²) >= 11 is 1.34. The van der Waals surface area contributed by atoms with E-state index in [1.807, 2.05) is 45.9 Å². The molecule has 0 bridgehead atoms. The molecular formula is C25H29N5O2S. The number of rotatable bonds is 8. The van der Waals surface area contributed by atoms with Crippen molar-refractivity contribution in [1.29, 1.82) is 0 Å². The summed E-state index contributed by atoms with van der Waals surface area (Å²) < 4.78 is 1.89. The van der Waals surface area contributed by atoms with E-state index < -0.39 is 0 Å².